The maximum atomic E-state index is 12.0. The van der Waals surface area contributed by atoms with E-state index in [4.69, 9.17) is 5.73 Å². The van der Waals surface area contributed by atoms with Crippen LogP contribution in [0.2, 0.25) is 0 Å². The summed E-state index contributed by atoms with van der Waals surface area (Å²) in [4.78, 5) is 12.8. The molecule has 16 heavy (non-hydrogen) atoms. The fourth-order valence-electron chi connectivity index (χ4n) is 2.18. The maximum Gasteiger partial charge on any atom is 0.261 e. The second kappa shape index (κ2) is 4.97. The van der Waals surface area contributed by atoms with Crippen LogP contribution in [0.5, 0.6) is 0 Å². The first-order valence-corrected chi connectivity index (χ1v) is 6.67. The highest BCUT2D eigenvalue weighted by molar-refractivity contribution is 7.12. The Bertz CT molecular complexity index is 375. The number of amides is 1. The van der Waals surface area contributed by atoms with Gasteiger partial charge in [0.15, 0.2) is 0 Å². The van der Waals surface area contributed by atoms with Crippen LogP contribution >= 0.6 is 11.3 Å². The van der Waals surface area contributed by atoms with Crippen molar-refractivity contribution in [3.05, 3.63) is 21.9 Å². The predicted octanol–water partition coefficient (Wildman–Crippen LogP) is 2.06. The molecular weight excluding hydrogens is 220 g/mol. The largest absolute Gasteiger partial charge is 0.347 e. The Kier molecular flexibility index (Phi) is 3.61. The second-order valence-corrected chi connectivity index (χ2v) is 5.38. The van der Waals surface area contributed by atoms with Crippen LogP contribution in [0.3, 0.4) is 0 Å². The SMILES string of the molecule is Cc1ccsc1C(=O)N[C@@H]1CCCC[C@H]1N. The van der Waals surface area contributed by atoms with Crippen molar-refractivity contribution < 1.29 is 4.79 Å². The van der Waals surface area contributed by atoms with E-state index < -0.39 is 0 Å². The van der Waals surface area contributed by atoms with E-state index in [0.29, 0.717) is 0 Å². The molecule has 3 nitrogen and oxygen atoms in total. The van der Waals surface area contributed by atoms with Crippen LogP contribution in [-0.2, 0) is 0 Å². The number of nitrogens with one attached hydrogen (secondary N) is 1. The molecule has 0 saturated heterocycles. The lowest BCUT2D eigenvalue weighted by Crippen LogP contribution is -2.49. The van der Waals surface area contributed by atoms with E-state index in [1.54, 1.807) is 0 Å². The Balaban J connectivity index is 1.99. The zero-order valence-electron chi connectivity index (χ0n) is 9.53. The Morgan fingerprint density at radius 3 is 2.88 bits per heavy atom. The summed E-state index contributed by atoms with van der Waals surface area (Å²) in [5.41, 5.74) is 7.06. The topological polar surface area (TPSA) is 55.1 Å². The molecule has 0 bridgehead atoms. The lowest BCUT2D eigenvalue weighted by molar-refractivity contribution is 0.0925. The first kappa shape index (κ1) is 11.6. The van der Waals surface area contributed by atoms with E-state index >= 15 is 0 Å². The molecule has 0 aromatic carbocycles. The number of carbonyl (C=O) groups excluding carboxylic acids is 1. The molecule has 1 aromatic rings. The van der Waals surface area contributed by atoms with Gasteiger partial charge in [0.25, 0.3) is 5.91 Å². The first-order valence-electron chi connectivity index (χ1n) is 5.79. The molecule has 1 aliphatic rings. The number of carbonyl (C=O) groups is 1. The quantitative estimate of drug-likeness (QED) is 0.828. The van der Waals surface area contributed by atoms with E-state index in [9.17, 15) is 4.79 Å². The molecule has 1 saturated carbocycles. The molecule has 0 radical (unpaired) electrons. The molecule has 1 heterocycles. The summed E-state index contributed by atoms with van der Waals surface area (Å²) in [5.74, 6) is 0.0369. The number of aryl methyl sites for hydroxylation is 1. The fraction of sp³-hybridized carbons (Fsp3) is 0.583. The van der Waals surface area contributed by atoms with E-state index in [0.717, 1.165) is 23.3 Å². The summed E-state index contributed by atoms with van der Waals surface area (Å²) >= 11 is 1.49. The highest BCUT2D eigenvalue weighted by Crippen LogP contribution is 2.19. The summed E-state index contributed by atoms with van der Waals surface area (Å²) in [6.45, 7) is 1.96. The van der Waals surface area contributed by atoms with Gasteiger partial charge in [-0.3, -0.25) is 4.79 Å². The van der Waals surface area contributed by atoms with E-state index in [1.807, 2.05) is 18.4 Å². The lowest BCUT2D eigenvalue weighted by atomic mass is 9.91. The smallest absolute Gasteiger partial charge is 0.261 e. The average molecular weight is 238 g/mol. The third-order valence-electron chi connectivity index (χ3n) is 3.20. The van der Waals surface area contributed by atoms with Crippen molar-refractivity contribution in [3.8, 4) is 0 Å². The van der Waals surface area contributed by atoms with Crippen molar-refractivity contribution in [2.75, 3.05) is 0 Å². The normalized spacial score (nSPS) is 25.4. The molecule has 0 aliphatic heterocycles. The number of hydrogen-bond acceptors (Lipinski definition) is 3. The highest BCUT2D eigenvalue weighted by Gasteiger charge is 2.24. The number of rotatable bonds is 2. The van der Waals surface area contributed by atoms with Crippen LogP contribution in [0.25, 0.3) is 0 Å². The van der Waals surface area contributed by atoms with Crippen molar-refractivity contribution in [2.24, 2.45) is 5.73 Å². The Morgan fingerprint density at radius 1 is 1.50 bits per heavy atom. The van der Waals surface area contributed by atoms with Gasteiger partial charge >= 0.3 is 0 Å². The third-order valence-corrected chi connectivity index (χ3v) is 4.22. The van der Waals surface area contributed by atoms with Gasteiger partial charge in [-0.2, -0.15) is 0 Å². The molecule has 88 valence electrons. The lowest BCUT2D eigenvalue weighted by Gasteiger charge is -2.29. The van der Waals surface area contributed by atoms with Crippen molar-refractivity contribution in [3.63, 3.8) is 0 Å². The summed E-state index contributed by atoms with van der Waals surface area (Å²) < 4.78 is 0. The van der Waals surface area contributed by atoms with Crippen LogP contribution in [0.15, 0.2) is 11.4 Å². The van der Waals surface area contributed by atoms with Gasteiger partial charge in [0.05, 0.1) is 4.88 Å². The molecule has 0 spiro atoms. The van der Waals surface area contributed by atoms with E-state index in [1.165, 1.54) is 24.2 Å². The van der Waals surface area contributed by atoms with Crippen LogP contribution in [0.1, 0.15) is 40.9 Å². The molecule has 4 heteroatoms. The third kappa shape index (κ3) is 2.44. The van der Waals surface area contributed by atoms with Crippen LogP contribution in [0.4, 0.5) is 0 Å². The highest BCUT2D eigenvalue weighted by atomic mass is 32.1. The zero-order chi connectivity index (χ0) is 11.5. The van der Waals surface area contributed by atoms with Gasteiger partial charge in [-0.1, -0.05) is 12.8 Å². The van der Waals surface area contributed by atoms with E-state index in [2.05, 4.69) is 5.32 Å². The Hall–Kier alpha value is -0.870. The molecule has 2 rings (SSSR count). The molecule has 3 N–H and O–H groups in total. The van der Waals surface area contributed by atoms with Gasteiger partial charge in [-0.15, -0.1) is 11.3 Å². The Morgan fingerprint density at radius 2 is 2.25 bits per heavy atom. The van der Waals surface area contributed by atoms with Crippen molar-refractivity contribution >= 4 is 17.2 Å². The van der Waals surface area contributed by atoms with Crippen LogP contribution in [-0.4, -0.2) is 18.0 Å². The van der Waals surface area contributed by atoms with Gasteiger partial charge < -0.3 is 11.1 Å². The maximum absolute atomic E-state index is 12.0. The molecule has 1 fully saturated rings. The standard InChI is InChI=1S/C12H18N2OS/c1-8-6-7-16-11(8)12(15)14-10-5-3-2-4-9(10)13/h6-7,9-10H,2-5,13H2,1H3,(H,14,15)/t9-,10-/m1/s1. The van der Waals surface area contributed by atoms with Crippen LogP contribution in [0, 0.1) is 6.92 Å². The van der Waals surface area contributed by atoms with Gasteiger partial charge in [0.1, 0.15) is 0 Å². The average Bonchev–Trinajstić information content (AvgIpc) is 2.68. The second-order valence-electron chi connectivity index (χ2n) is 4.46. The summed E-state index contributed by atoms with van der Waals surface area (Å²) in [6, 6.07) is 2.25. The van der Waals surface area contributed by atoms with Gasteiger partial charge in [0, 0.05) is 12.1 Å². The monoisotopic (exact) mass is 238 g/mol. The molecule has 1 aliphatic carbocycles. The van der Waals surface area contributed by atoms with Crippen molar-refractivity contribution in [1.82, 2.24) is 5.32 Å². The van der Waals surface area contributed by atoms with E-state index in [-0.39, 0.29) is 18.0 Å². The fourth-order valence-corrected chi connectivity index (χ4v) is 3.01. The minimum Gasteiger partial charge on any atom is -0.347 e. The van der Waals surface area contributed by atoms with Gasteiger partial charge in [0.2, 0.25) is 0 Å². The number of nitrogens with two attached hydrogens (primary N) is 1. The minimum absolute atomic E-state index is 0.0369. The van der Waals surface area contributed by atoms with Crippen LogP contribution < -0.4 is 11.1 Å². The molecule has 2 atom stereocenters. The van der Waals surface area contributed by atoms with Gasteiger partial charge in [-0.05, 0) is 36.8 Å². The summed E-state index contributed by atoms with van der Waals surface area (Å²) in [5, 5.41) is 5.01. The Labute approximate surface area is 100 Å². The zero-order valence-corrected chi connectivity index (χ0v) is 10.3. The molecular formula is C12H18N2OS. The number of thiophene rings is 1. The first-order chi connectivity index (χ1) is 7.68. The number of hydrogen-bond donors (Lipinski definition) is 2. The summed E-state index contributed by atoms with van der Waals surface area (Å²) in [6.07, 6.45) is 4.39. The van der Waals surface area contributed by atoms with Gasteiger partial charge in [-0.25, -0.2) is 0 Å². The molecule has 0 unspecified atom stereocenters. The van der Waals surface area contributed by atoms with Crippen molar-refractivity contribution in [2.45, 2.75) is 44.7 Å². The summed E-state index contributed by atoms with van der Waals surface area (Å²) in [7, 11) is 0. The molecule has 1 amide bonds. The van der Waals surface area contributed by atoms with Crippen molar-refractivity contribution in [1.29, 1.82) is 0 Å². The minimum atomic E-state index is 0.0369. The predicted molar refractivity (Wildman–Crippen MR) is 66.8 cm³/mol. The molecule has 1 aromatic heterocycles.